The van der Waals surface area contributed by atoms with E-state index in [4.69, 9.17) is 5.10 Å². The van der Waals surface area contributed by atoms with Gasteiger partial charge in [-0.15, -0.1) is 11.3 Å². The molecule has 4 aromatic rings. The highest BCUT2D eigenvalue weighted by atomic mass is 32.1. The Morgan fingerprint density at radius 2 is 2.00 bits per heavy atom. The molecule has 6 nitrogen and oxygen atoms in total. The van der Waals surface area contributed by atoms with Crippen LogP contribution >= 0.6 is 11.3 Å². The fourth-order valence-corrected chi connectivity index (χ4v) is 3.88. The zero-order valence-electron chi connectivity index (χ0n) is 14.2. The molecule has 1 aromatic carbocycles. The summed E-state index contributed by atoms with van der Waals surface area (Å²) in [5.74, 6) is 0.868. The minimum Gasteiger partial charge on any atom is -0.311 e. The van der Waals surface area contributed by atoms with Crippen molar-refractivity contribution >= 4 is 11.3 Å². The Balaban J connectivity index is 1.50. The first-order chi connectivity index (χ1) is 12.9. The van der Waals surface area contributed by atoms with Crippen LogP contribution in [-0.2, 0) is 13.1 Å². The molecule has 0 atom stereocenters. The minimum atomic E-state index is 0.857. The molecule has 1 aliphatic heterocycles. The summed E-state index contributed by atoms with van der Waals surface area (Å²) in [6.45, 7) is 2.85. The number of thiazole rings is 1. The Labute approximate surface area is 155 Å². The van der Waals surface area contributed by atoms with Crippen LogP contribution in [0, 0.1) is 0 Å². The molecular formula is C19H18N6S. The smallest absolute Gasteiger partial charge is 0.165 e. The summed E-state index contributed by atoms with van der Waals surface area (Å²) >= 11 is 1.61. The van der Waals surface area contributed by atoms with Gasteiger partial charge in [-0.1, -0.05) is 12.1 Å². The fraction of sp³-hybridized carbons (Fsp3) is 0.211. The summed E-state index contributed by atoms with van der Waals surface area (Å²) in [6.07, 6.45) is 4.91. The van der Waals surface area contributed by atoms with Crippen molar-refractivity contribution in [2.24, 2.45) is 0 Å². The normalized spacial score (nSPS) is 14.2. The van der Waals surface area contributed by atoms with Gasteiger partial charge >= 0.3 is 0 Å². The molecule has 4 heterocycles. The van der Waals surface area contributed by atoms with E-state index in [0.29, 0.717) is 0 Å². The maximum atomic E-state index is 4.78. The molecule has 0 aliphatic carbocycles. The van der Waals surface area contributed by atoms with E-state index in [2.05, 4.69) is 60.2 Å². The topological polar surface area (TPSA) is 60.6 Å². The molecule has 3 aromatic heterocycles. The number of nitrogens with zero attached hydrogens (tertiary/aromatic N) is 5. The number of fused-ring (bicyclic) bond motifs is 1. The molecule has 5 rings (SSSR count). The van der Waals surface area contributed by atoms with Gasteiger partial charge in [0, 0.05) is 42.1 Å². The predicted octanol–water partition coefficient (Wildman–Crippen LogP) is 3.35. The Morgan fingerprint density at radius 3 is 2.85 bits per heavy atom. The average Bonchev–Trinajstić information content (AvgIpc) is 3.41. The van der Waals surface area contributed by atoms with Crippen molar-refractivity contribution in [1.29, 1.82) is 0 Å². The Bertz CT molecular complexity index is 989. The Hall–Kier alpha value is -2.77. The van der Waals surface area contributed by atoms with Crippen molar-refractivity contribution in [3.05, 3.63) is 59.3 Å². The third-order valence-corrected chi connectivity index (χ3v) is 5.22. The van der Waals surface area contributed by atoms with E-state index in [1.165, 1.54) is 5.69 Å². The highest BCUT2D eigenvalue weighted by molar-refractivity contribution is 7.07. The number of aromatic nitrogens is 5. The molecule has 0 fully saturated rings. The lowest BCUT2D eigenvalue weighted by molar-refractivity contribution is 0.588. The van der Waals surface area contributed by atoms with Crippen molar-refractivity contribution in [2.75, 3.05) is 6.54 Å². The predicted molar refractivity (Wildman–Crippen MR) is 102 cm³/mol. The van der Waals surface area contributed by atoms with E-state index in [9.17, 15) is 0 Å². The summed E-state index contributed by atoms with van der Waals surface area (Å²) in [5, 5.41) is 10.3. The molecule has 1 N–H and O–H groups in total. The van der Waals surface area contributed by atoms with Gasteiger partial charge in [0.2, 0.25) is 0 Å². The molecule has 0 spiro atoms. The number of hydrogen-bond donors (Lipinski definition) is 1. The quantitative estimate of drug-likeness (QED) is 0.607. The van der Waals surface area contributed by atoms with Gasteiger partial charge in [0.1, 0.15) is 5.69 Å². The van der Waals surface area contributed by atoms with Crippen LogP contribution in [0.25, 0.3) is 28.5 Å². The zero-order valence-corrected chi connectivity index (χ0v) is 15.0. The Kier molecular flexibility index (Phi) is 3.88. The van der Waals surface area contributed by atoms with Crippen LogP contribution < -0.4 is 5.32 Å². The van der Waals surface area contributed by atoms with Crippen LogP contribution in [-0.4, -0.2) is 30.9 Å². The largest absolute Gasteiger partial charge is 0.311 e. The summed E-state index contributed by atoms with van der Waals surface area (Å²) in [5.41, 5.74) is 7.18. The minimum absolute atomic E-state index is 0.857. The highest BCUT2D eigenvalue weighted by Crippen LogP contribution is 2.25. The summed E-state index contributed by atoms with van der Waals surface area (Å²) in [7, 11) is 0. The lowest BCUT2D eigenvalue weighted by atomic mass is 10.1. The van der Waals surface area contributed by atoms with E-state index >= 15 is 0 Å². The lowest BCUT2D eigenvalue weighted by Gasteiger charge is -2.07. The number of hydrogen-bond acceptors (Lipinski definition) is 5. The number of rotatable bonds is 3. The van der Waals surface area contributed by atoms with Crippen molar-refractivity contribution in [3.8, 4) is 28.5 Å². The third kappa shape index (κ3) is 2.75. The number of benzene rings is 1. The fourth-order valence-electron chi connectivity index (χ4n) is 3.32. The van der Waals surface area contributed by atoms with E-state index in [1.54, 1.807) is 11.3 Å². The van der Waals surface area contributed by atoms with Gasteiger partial charge in [-0.25, -0.2) is 9.97 Å². The molecule has 0 saturated heterocycles. The zero-order chi connectivity index (χ0) is 17.3. The molecule has 0 amide bonds. The molecule has 7 heteroatoms. The molecule has 1 aliphatic rings. The maximum Gasteiger partial charge on any atom is 0.165 e. The van der Waals surface area contributed by atoms with Crippen LogP contribution in [0.2, 0.25) is 0 Å². The van der Waals surface area contributed by atoms with Crippen molar-refractivity contribution < 1.29 is 0 Å². The van der Waals surface area contributed by atoms with Gasteiger partial charge in [0.15, 0.2) is 5.82 Å². The second kappa shape index (κ2) is 6.51. The monoisotopic (exact) mass is 362 g/mol. The van der Waals surface area contributed by atoms with Crippen molar-refractivity contribution in [2.45, 2.75) is 19.5 Å². The average molecular weight is 362 g/mol. The molecule has 130 valence electrons. The molecule has 26 heavy (non-hydrogen) atoms. The second-order valence-corrected chi connectivity index (χ2v) is 7.03. The molecular weight excluding hydrogens is 344 g/mol. The van der Waals surface area contributed by atoms with Gasteiger partial charge in [-0.3, -0.25) is 9.25 Å². The number of imidazole rings is 1. The highest BCUT2D eigenvalue weighted by Gasteiger charge is 2.16. The molecule has 0 unspecified atom stereocenters. The maximum absolute atomic E-state index is 4.78. The lowest BCUT2D eigenvalue weighted by Crippen LogP contribution is -2.11. The number of nitrogens with one attached hydrogen (secondary N) is 1. The molecule has 0 bridgehead atoms. The van der Waals surface area contributed by atoms with Gasteiger partial charge in [0.25, 0.3) is 0 Å². The van der Waals surface area contributed by atoms with Crippen LogP contribution in [0.5, 0.6) is 0 Å². The SMILES string of the molecule is c1cn(-c2ccc(-c3cscn3)cc2)c(-c2cc3n(n2)CCCNC3)n1. The van der Waals surface area contributed by atoms with Gasteiger partial charge in [-0.2, -0.15) is 5.10 Å². The van der Waals surface area contributed by atoms with Crippen LogP contribution in [0.15, 0.2) is 53.6 Å². The van der Waals surface area contributed by atoms with Gasteiger partial charge < -0.3 is 5.32 Å². The van der Waals surface area contributed by atoms with Gasteiger partial charge in [-0.05, 0) is 31.2 Å². The standard InChI is InChI=1S/C19H18N6S/c1-6-20-11-16-10-17(23-25(16)8-1)19-21-7-9-24(19)15-4-2-14(3-5-15)18-12-26-13-22-18/h2-5,7,9-10,12-13,20H,1,6,8,11H2. The summed E-state index contributed by atoms with van der Waals surface area (Å²) < 4.78 is 4.18. The van der Waals surface area contributed by atoms with Crippen LogP contribution in [0.1, 0.15) is 12.1 Å². The summed E-state index contributed by atoms with van der Waals surface area (Å²) in [4.78, 5) is 8.93. The Morgan fingerprint density at radius 1 is 1.08 bits per heavy atom. The second-order valence-electron chi connectivity index (χ2n) is 6.32. The van der Waals surface area contributed by atoms with E-state index in [-0.39, 0.29) is 0 Å². The summed E-state index contributed by atoms with van der Waals surface area (Å²) in [6, 6.07) is 10.5. The third-order valence-electron chi connectivity index (χ3n) is 4.64. The van der Waals surface area contributed by atoms with E-state index in [1.807, 2.05) is 17.9 Å². The first kappa shape index (κ1) is 15.5. The van der Waals surface area contributed by atoms with E-state index < -0.39 is 0 Å². The van der Waals surface area contributed by atoms with Crippen molar-refractivity contribution in [1.82, 2.24) is 29.6 Å². The van der Waals surface area contributed by atoms with Crippen LogP contribution in [0.4, 0.5) is 0 Å². The molecule has 0 saturated carbocycles. The number of aryl methyl sites for hydroxylation is 1. The first-order valence-electron chi connectivity index (χ1n) is 8.69. The van der Waals surface area contributed by atoms with Crippen LogP contribution in [0.3, 0.4) is 0 Å². The van der Waals surface area contributed by atoms with Gasteiger partial charge in [0.05, 0.1) is 16.9 Å². The van der Waals surface area contributed by atoms with E-state index in [0.717, 1.165) is 54.5 Å². The molecule has 0 radical (unpaired) electrons. The van der Waals surface area contributed by atoms with Crippen molar-refractivity contribution in [3.63, 3.8) is 0 Å². The first-order valence-corrected chi connectivity index (χ1v) is 9.63.